The quantitative estimate of drug-likeness (QED) is 0.520. The summed E-state index contributed by atoms with van der Waals surface area (Å²) in [5.74, 6) is -2.00. The Balaban J connectivity index is 2.82. The predicted octanol–water partition coefficient (Wildman–Crippen LogP) is 3.28. The summed E-state index contributed by atoms with van der Waals surface area (Å²) < 4.78 is 27.6. The zero-order valence-electron chi connectivity index (χ0n) is 9.23. The fourth-order valence-corrected chi connectivity index (χ4v) is 1.87. The van der Waals surface area contributed by atoms with Gasteiger partial charge >= 0.3 is 0 Å². The van der Waals surface area contributed by atoms with E-state index in [9.17, 15) is 18.9 Å². The molecule has 0 saturated heterocycles. The summed E-state index contributed by atoms with van der Waals surface area (Å²) >= 11 is 2.89. The van der Waals surface area contributed by atoms with Crippen LogP contribution in [0.15, 0.2) is 28.7 Å². The standard InChI is InChI=1S/C11H6BrF2N3O2/c12-5-1-2-6(13)9(10(5)14)11-7(17(18)19)3-4-8(15)16-11/h1-4H,(H2,15,16). The van der Waals surface area contributed by atoms with Crippen molar-refractivity contribution in [2.45, 2.75) is 0 Å². The van der Waals surface area contributed by atoms with Crippen molar-refractivity contribution in [1.82, 2.24) is 4.98 Å². The first-order valence-corrected chi connectivity index (χ1v) is 5.76. The van der Waals surface area contributed by atoms with Gasteiger partial charge in [-0.2, -0.15) is 0 Å². The fraction of sp³-hybridized carbons (Fsp3) is 0. The van der Waals surface area contributed by atoms with E-state index in [1.165, 1.54) is 6.07 Å². The van der Waals surface area contributed by atoms with E-state index in [1.807, 2.05) is 0 Å². The number of halogens is 3. The second-order valence-corrected chi connectivity index (χ2v) is 4.43. The smallest absolute Gasteiger partial charge is 0.295 e. The van der Waals surface area contributed by atoms with Gasteiger partial charge in [-0.25, -0.2) is 13.8 Å². The molecule has 0 spiro atoms. The average molecular weight is 330 g/mol. The lowest BCUT2D eigenvalue weighted by atomic mass is 10.1. The largest absolute Gasteiger partial charge is 0.384 e. The van der Waals surface area contributed by atoms with Crippen LogP contribution in [0.1, 0.15) is 0 Å². The van der Waals surface area contributed by atoms with Gasteiger partial charge in [0.1, 0.15) is 17.5 Å². The number of nitrogens with two attached hydrogens (primary N) is 1. The number of pyridine rings is 1. The summed E-state index contributed by atoms with van der Waals surface area (Å²) in [7, 11) is 0. The van der Waals surface area contributed by atoms with Crippen LogP contribution in [0, 0.1) is 21.7 Å². The molecule has 0 bridgehead atoms. The molecular formula is C11H6BrF2N3O2. The van der Waals surface area contributed by atoms with E-state index < -0.39 is 33.5 Å². The number of hydrogen-bond donors (Lipinski definition) is 1. The summed E-state index contributed by atoms with van der Waals surface area (Å²) in [6, 6.07) is 4.39. The molecule has 0 saturated carbocycles. The van der Waals surface area contributed by atoms with Crippen molar-refractivity contribution >= 4 is 27.4 Å². The molecular weight excluding hydrogens is 324 g/mol. The van der Waals surface area contributed by atoms with Gasteiger partial charge < -0.3 is 5.73 Å². The summed E-state index contributed by atoms with van der Waals surface area (Å²) in [5, 5.41) is 10.9. The molecule has 0 unspecified atom stereocenters. The van der Waals surface area contributed by atoms with Crippen molar-refractivity contribution in [2.24, 2.45) is 0 Å². The number of anilines is 1. The molecule has 8 heteroatoms. The van der Waals surface area contributed by atoms with Crippen LogP contribution < -0.4 is 5.73 Å². The minimum atomic E-state index is -0.971. The van der Waals surface area contributed by atoms with Crippen LogP contribution in [0.4, 0.5) is 20.3 Å². The molecule has 1 aromatic heterocycles. The number of rotatable bonds is 2. The van der Waals surface area contributed by atoms with Crippen LogP contribution in [0.2, 0.25) is 0 Å². The molecule has 0 atom stereocenters. The Morgan fingerprint density at radius 2 is 1.95 bits per heavy atom. The van der Waals surface area contributed by atoms with Crippen molar-refractivity contribution in [3.8, 4) is 11.3 Å². The maximum Gasteiger partial charge on any atom is 0.295 e. The van der Waals surface area contributed by atoms with Crippen molar-refractivity contribution < 1.29 is 13.7 Å². The molecule has 2 rings (SSSR count). The maximum absolute atomic E-state index is 13.9. The third-order valence-corrected chi connectivity index (χ3v) is 2.99. The molecule has 98 valence electrons. The van der Waals surface area contributed by atoms with Gasteiger partial charge in [-0.3, -0.25) is 10.1 Å². The van der Waals surface area contributed by atoms with Gasteiger partial charge in [-0.1, -0.05) is 0 Å². The van der Waals surface area contributed by atoms with Gasteiger partial charge in [0.2, 0.25) is 0 Å². The van der Waals surface area contributed by atoms with E-state index in [0.717, 1.165) is 18.2 Å². The number of aromatic nitrogens is 1. The Kier molecular flexibility index (Phi) is 3.43. The first-order valence-electron chi connectivity index (χ1n) is 4.96. The van der Waals surface area contributed by atoms with Gasteiger partial charge in [0.25, 0.3) is 5.69 Å². The Bertz CT molecular complexity index is 679. The van der Waals surface area contributed by atoms with E-state index in [-0.39, 0.29) is 10.3 Å². The Morgan fingerprint density at radius 1 is 1.26 bits per heavy atom. The van der Waals surface area contributed by atoms with Crippen LogP contribution in [0.3, 0.4) is 0 Å². The van der Waals surface area contributed by atoms with Crippen LogP contribution >= 0.6 is 15.9 Å². The summed E-state index contributed by atoms with van der Waals surface area (Å²) in [6.07, 6.45) is 0. The van der Waals surface area contributed by atoms with Crippen LogP contribution in [-0.2, 0) is 0 Å². The highest BCUT2D eigenvalue weighted by Crippen LogP contribution is 2.35. The lowest BCUT2D eigenvalue weighted by Crippen LogP contribution is -2.01. The Morgan fingerprint density at radius 3 is 2.58 bits per heavy atom. The molecule has 0 fully saturated rings. The molecule has 0 amide bonds. The maximum atomic E-state index is 13.9. The lowest BCUT2D eigenvalue weighted by Gasteiger charge is -2.07. The number of nitro groups is 1. The molecule has 0 radical (unpaired) electrons. The average Bonchev–Trinajstić information content (AvgIpc) is 2.34. The molecule has 2 aromatic rings. The van der Waals surface area contributed by atoms with Gasteiger partial charge in [0, 0.05) is 6.07 Å². The first kappa shape index (κ1) is 13.3. The highest BCUT2D eigenvalue weighted by molar-refractivity contribution is 9.10. The third kappa shape index (κ3) is 2.39. The fourth-order valence-electron chi connectivity index (χ4n) is 1.54. The van der Waals surface area contributed by atoms with Gasteiger partial charge in [-0.15, -0.1) is 0 Å². The molecule has 0 aliphatic rings. The minimum Gasteiger partial charge on any atom is -0.384 e. The molecule has 0 aliphatic heterocycles. The highest BCUT2D eigenvalue weighted by Gasteiger charge is 2.24. The van der Waals surface area contributed by atoms with Gasteiger partial charge in [0.15, 0.2) is 5.69 Å². The second-order valence-electron chi connectivity index (χ2n) is 3.58. The summed E-state index contributed by atoms with van der Waals surface area (Å²) in [6.45, 7) is 0. The van der Waals surface area contributed by atoms with Crippen LogP contribution in [0.25, 0.3) is 11.3 Å². The van der Waals surface area contributed by atoms with E-state index in [1.54, 1.807) is 0 Å². The second kappa shape index (κ2) is 4.88. The SMILES string of the molecule is Nc1ccc([N+](=O)[O-])c(-c2c(F)ccc(Br)c2F)n1. The molecule has 1 heterocycles. The third-order valence-electron chi connectivity index (χ3n) is 2.37. The molecule has 0 aliphatic carbocycles. The normalized spacial score (nSPS) is 10.5. The van der Waals surface area contributed by atoms with Crippen LogP contribution in [0.5, 0.6) is 0 Å². The van der Waals surface area contributed by atoms with E-state index in [2.05, 4.69) is 20.9 Å². The van der Waals surface area contributed by atoms with Crippen molar-refractivity contribution in [1.29, 1.82) is 0 Å². The number of hydrogen-bond acceptors (Lipinski definition) is 4. The molecule has 1 aromatic carbocycles. The predicted molar refractivity (Wildman–Crippen MR) is 68.4 cm³/mol. The zero-order valence-corrected chi connectivity index (χ0v) is 10.8. The number of nitrogens with zero attached hydrogens (tertiary/aromatic N) is 2. The lowest BCUT2D eigenvalue weighted by molar-refractivity contribution is -0.384. The van der Waals surface area contributed by atoms with E-state index >= 15 is 0 Å². The Hall–Kier alpha value is -2.09. The molecule has 5 nitrogen and oxygen atoms in total. The molecule has 2 N–H and O–H groups in total. The monoisotopic (exact) mass is 329 g/mol. The number of nitrogen functional groups attached to an aromatic ring is 1. The summed E-state index contributed by atoms with van der Waals surface area (Å²) in [4.78, 5) is 13.8. The Labute approximate surface area is 114 Å². The van der Waals surface area contributed by atoms with Gasteiger partial charge in [-0.05, 0) is 34.1 Å². The van der Waals surface area contributed by atoms with Crippen LogP contribution in [-0.4, -0.2) is 9.91 Å². The van der Waals surface area contributed by atoms with Crippen molar-refractivity contribution in [3.05, 3.63) is 50.5 Å². The minimum absolute atomic E-state index is 0.0255. The number of benzene rings is 1. The topological polar surface area (TPSA) is 82.0 Å². The van der Waals surface area contributed by atoms with Gasteiger partial charge in [0.05, 0.1) is 15.0 Å². The zero-order chi connectivity index (χ0) is 14.2. The van der Waals surface area contributed by atoms with Crippen molar-refractivity contribution in [2.75, 3.05) is 5.73 Å². The highest BCUT2D eigenvalue weighted by atomic mass is 79.9. The van der Waals surface area contributed by atoms with E-state index in [0.29, 0.717) is 0 Å². The van der Waals surface area contributed by atoms with E-state index in [4.69, 9.17) is 5.73 Å². The first-order chi connectivity index (χ1) is 8.91. The van der Waals surface area contributed by atoms with Crippen molar-refractivity contribution in [3.63, 3.8) is 0 Å². The summed E-state index contributed by atoms with van der Waals surface area (Å²) in [5.41, 5.74) is 3.86. The molecule has 19 heavy (non-hydrogen) atoms.